The Morgan fingerprint density at radius 1 is 1.50 bits per heavy atom. The molecule has 0 unspecified atom stereocenters. The maximum Gasteiger partial charge on any atom is 0.310 e. The van der Waals surface area contributed by atoms with Crippen molar-refractivity contribution in [2.24, 2.45) is 5.92 Å². The van der Waals surface area contributed by atoms with Crippen LogP contribution in [0.15, 0.2) is 22.8 Å². The molecule has 2 atom stereocenters. The first-order valence-corrected chi connectivity index (χ1v) is 6.79. The van der Waals surface area contributed by atoms with Crippen molar-refractivity contribution in [2.45, 2.75) is 37.8 Å². The topological polar surface area (TPSA) is 83.0 Å². The van der Waals surface area contributed by atoms with Crippen LogP contribution in [-0.2, 0) is 16.1 Å². The van der Waals surface area contributed by atoms with E-state index in [1.165, 1.54) is 0 Å². The lowest BCUT2D eigenvalue weighted by atomic mass is 10.2. The van der Waals surface area contributed by atoms with Crippen LogP contribution in [0, 0.1) is 5.92 Å². The largest absolute Gasteiger partial charge is 0.469 e. The van der Waals surface area contributed by atoms with Gasteiger partial charge in [0.15, 0.2) is 12.4 Å². The van der Waals surface area contributed by atoms with Gasteiger partial charge < -0.3 is 9.15 Å². The van der Waals surface area contributed by atoms with Crippen LogP contribution in [0.4, 0.5) is 0 Å². The highest BCUT2D eigenvalue weighted by Crippen LogP contribution is 2.48. The number of ether oxygens (including phenoxy) is 1. The molecule has 4 rings (SSSR count). The summed E-state index contributed by atoms with van der Waals surface area (Å²) < 4.78 is 12.4. The summed E-state index contributed by atoms with van der Waals surface area (Å²) in [5.74, 6) is 1.35. The molecule has 2 fully saturated rings. The molecule has 0 amide bonds. The zero-order valence-electron chi connectivity index (χ0n) is 10.8. The van der Waals surface area contributed by atoms with Gasteiger partial charge in [0.25, 0.3) is 0 Å². The molecule has 7 nitrogen and oxygen atoms in total. The van der Waals surface area contributed by atoms with E-state index in [2.05, 4.69) is 15.5 Å². The summed E-state index contributed by atoms with van der Waals surface area (Å²) >= 11 is 0. The van der Waals surface area contributed by atoms with Crippen LogP contribution in [0.25, 0.3) is 0 Å². The molecule has 2 heterocycles. The number of nitrogens with zero attached hydrogens (tertiary/aromatic N) is 4. The van der Waals surface area contributed by atoms with Crippen molar-refractivity contribution in [1.29, 1.82) is 0 Å². The third-order valence-electron chi connectivity index (χ3n) is 3.80. The fourth-order valence-electron chi connectivity index (χ4n) is 2.42. The van der Waals surface area contributed by atoms with Gasteiger partial charge in [-0.1, -0.05) is 0 Å². The molecule has 20 heavy (non-hydrogen) atoms. The van der Waals surface area contributed by atoms with Crippen LogP contribution in [0.1, 0.15) is 42.8 Å². The Labute approximate surface area is 114 Å². The number of rotatable bonds is 5. The van der Waals surface area contributed by atoms with E-state index >= 15 is 0 Å². The number of hydrogen-bond donors (Lipinski definition) is 0. The molecule has 0 spiro atoms. The van der Waals surface area contributed by atoms with Crippen LogP contribution in [0.2, 0.25) is 0 Å². The summed E-state index contributed by atoms with van der Waals surface area (Å²) in [7, 11) is 0. The molecule has 0 bridgehead atoms. The van der Waals surface area contributed by atoms with Gasteiger partial charge in [0.1, 0.15) is 5.76 Å². The predicted molar refractivity (Wildman–Crippen MR) is 65.4 cm³/mol. The molecule has 2 aliphatic rings. The van der Waals surface area contributed by atoms with Gasteiger partial charge in [0.2, 0.25) is 0 Å². The Kier molecular flexibility index (Phi) is 2.58. The second-order valence-corrected chi connectivity index (χ2v) is 5.34. The maximum absolute atomic E-state index is 12.0. The molecule has 0 radical (unpaired) electrons. The van der Waals surface area contributed by atoms with Gasteiger partial charge in [-0.2, -0.15) is 0 Å². The van der Waals surface area contributed by atoms with Gasteiger partial charge in [-0.25, -0.2) is 4.68 Å². The first kappa shape index (κ1) is 11.6. The Morgan fingerprint density at radius 2 is 2.40 bits per heavy atom. The fraction of sp³-hybridized carbons (Fsp3) is 0.538. The molecule has 0 aromatic carbocycles. The number of tetrazole rings is 1. The Hall–Kier alpha value is -2.18. The molecular weight excluding hydrogens is 260 g/mol. The van der Waals surface area contributed by atoms with E-state index in [1.54, 1.807) is 10.9 Å². The molecule has 2 saturated carbocycles. The minimum atomic E-state index is -0.197. The van der Waals surface area contributed by atoms with Crippen molar-refractivity contribution in [3.05, 3.63) is 30.0 Å². The minimum absolute atomic E-state index is 0.0913. The average Bonchev–Trinajstić information content (AvgIpc) is 3.36. The lowest BCUT2D eigenvalue weighted by molar-refractivity contribution is -0.147. The lowest BCUT2D eigenvalue weighted by Gasteiger charge is -2.04. The number of carbonyl (C=O) groups excluding carboxylic acids is 1. The van der Waals surface area contributed by atoms with Gasteiger partial charge in [-0.3, -0.25) is 4.79 Å². The summed E-state index contributed by atoms with van der Waals surface area (Å²) in [6.07, 6.45) is 4.60. The minimum Gasteiger partial charge on any atom is -0.469 e. The highest BCUT2D eigenvalue weighted by molar-refractivity contribution is 5.77. The quantitative estimate of drug-likeness (QED) is 0.767. The summed E-state index contributed by atoms with van der Waals surface area (Å²) in [5.41, 5.74) is 0. The molecule has 2 aromatic heterocycles. The standard InChI is InChI=1S/C13H14N4O3/c18-13(10-6-9(10)11-2-1-5-19-11)20-7-12-14-15-16-17(12)8-3-4-8/h1-2,5,8-10H,3-4,6-7H2/t9-,10-/m1/s1. The molecule has 2 aliphatic carbocycles. The summed E-state index contributed by atoms with van der Waals surface area (Å²) in [6.45, 7) is 0.143. The van der Waals surface area contributed by atoms with Crippen LogP contribution in [-0.4, -0.2) is 26.2 Å². The van der Waals surface area contributed by atoms with Crippen LogP contribution >= 0.6 is 0 Å². The van der Waals surface area contributed by atoms with Crippen molar-refractivity contribution >= 4 is 5.97 Å². The third kappa shape index (κ3) is 2.09. The zero-order valence-corrected chi connectivity index (χ0v) is 10.8. The predicted octanol–water partition coefficient (Wildman–Crippen LogP) is 1.45. The Balaban J connectivity index is 1.34. The van der Waals surface area contributed by atoms with Gasteiger partial charge in [0, 0.05) is 5.92 Å². The first-order valence-electron chi connectivity index (χ1n) is 6.79. The SMILES string of the molecule is O=C(OCc1nnnn1C1CC1)[C@@H]1C[C@H]1c1ccco1. The first-order chi connectivity index (χ1) is 9.83. The third-order valence-corrected chi connectivity index (χ3v) is 3.80. The Morgan fingerprint density at radius 3 is 3.15 bits per heavy atom. The van der Waals surface area contributed by atoms with Crippen LogP contribution in [0.5, 0.6) is 0 Å². The van der Waals surface area contributed by atoms with Crippen LogP contribution < -0.4 is 0 Å². The second-order valence-electron chi connectivity index (χ2n) is 5.34. The molecule has 104 valence electrons. The fourth-order valence-corrected chi connectivity index (χ4v) is 2.42. The Bertz CT molecular complexity index is 617. The van der Waals surface area contributed by atoms with Gasteiger partial charge in [-0.15, -0.1) is 5.10 Å². The van der Waals surface area contributed by atoms with E-state index in [9.17, 15) is 4.79 Å². The molecule has 0 aliphatic heterocycles. The summed E-state index contributed by atoms with van der Waals surface area (Å²) in [6, 6.07) is 4.11. The highest BCUT2D eigenvalue weighted by atomic mass is 16.5. The molecule has 0 saturated heterocycles. The van der Waals surface area contributed by atoms with E-state index < -0.39 is 0 Å². The van der Waals surface area contributed by atoms with Crippen molar-refractivity contribution in [3.8, 4) is 0 Å². The number of aromatic nitrogens is 4. The number of furan rings is 1. The highest BCUT2D eigenvalue weighted by Gasteiger charge is 2.47. The average molecular weight is 274 g/mol. The number of carbonyl (C=O) groups is 1. The molecule has 7 heteroatoms. The van der Waals surface area contributed by atoms with Crippen molar-refractivity contribution in [3.63, 3.8) is 0 Å². The summed E-state index contributed by atoms with van der Waals surface area (Å²) in [5, 5.41) is 11.5. The van der Waals surface area contributed by atoms with Crippen LogP contribution in [0.3, 0.4) is 0 Å². The lowest BCUT2D eigenvalue weighted by Crippen LogP contribution is -2.11. The van der Waals surface area contributed by atoms with Crippen molar-refractivity contribution in [1.82, 2.24) is 20.2 Å². The number of hydrogen-bond acceptors (Lipinski definition) is 6. The summed E-state index contributed by atoms with van der Waals surface area (Å²) in [4.78, 5) is 12.0. The maximum atomic E-state index is 12.0. The molecule has 2 aromatic rings. The van der Waals surface area contributed by atoms with E-state index in [1.807, 2.05) is 12.1 Å². The normalized spacial score (nSPS) is 24.6. The van der Waals surface area contributed by atoms with Crippen molar-refractivity contribution < 1.29 is 13.9 Å². The van der Waals surface area contributed by atoms with Gasteiger partial charge >= 0.3 is 5.97 Å². The monoisotopic (exact) mass is 274 g/mol. The zero-order chi connectivity index (χ0) is 13.5. The number of esters is 1. The molecule has 0 N–H and O–H groups in total. The van der Waals surface area contributed by atoms with E-state index in [-0.39, 0.29) is 24.4 Å². The van der Waals surface area contributed by atoms with E-state index in [0.717, 1.165) is 25.0 Å². The van der Waals surface area contributed by atoms with E-state index in [4.69, 9.17) is 9.15 Å². The smallest absolute Gasteiger partial charge is 0.310 e. The second kappa shape index (κ2) is 4.43. The van der Waals surface area contributed by atoms with E-state index in [0.29, 0.717) is 11.9 Å². The van der Waals surface area contributed by atoms with Crippen molar-refractivity contribution in [2.75, 3.05) is 0 Å². The molecular formula is C13H14N4O3. The van der Waals surface area contributed by atoms with Gasteiger partial charge in [0.05, 0.1) is 18.2 Å². The van der Waals surface area contributed by atoms with Gasteiger partial charge in [-0.05, 0) is 41.8 Å².